The van der Waals surface area contributed by atoms with Crippen LogP contribution in [0.25, 0.3) is 0 Å². The first-order valence-electron chi connectivity index (χ1n) is 6.06. The molecule has 0 saturated heterocycles. The largest absolute Gasteiger partial charge is 0.467 e. The van der Waals surface area contributed by atoms with Crippen LogP contribution < -0.4 is 5.32 Å². The van der Waals surface area contributed by atoms with Crippen LogP contribution in [0.4, 0.5) is 4.79 Å². The lowest BCUT2D eigenvalue weighted by Crippen LogP contribution is -2.46. The van der Waals surface area contributed by atoms with Crippen molar-refractivity contribution in [2.24, 2.45) is 0 Å². The SMILES string of the molecule is C=CCCOC[C@@H](NC(=O)OC(C)(C)C)C(=O)OC. The molecule has 0 rings (SSSR count). The van der Waals surface area contributed by atoms with Gasteiger partial charge in [0.2, 0.25) is 0 Å². The van der Waals surface area contributed by atoms with Crippen LogP contribution in [0.2, 0.25) is 0 Å². The van der Waals surface area contributed by atoms with Crippen LogP contribution in [0.15, 0.2) is 12.7 Å². The molecular weight excluding hydrogens is 250 g/mol. The van der Waals surface area contributed by atoms with E-state index < -0.39 is 23.7 Å². The first-order chi connectivity index (χ1) is 8.80. The van der Waals surface area contributed by atoms with E-state index in [4.69, 9.17) is 9.47 Å². The summed E-state index contributed by atoms with van der Waals surface area (Å²) in [6, 6.07) is -0.885. The van der Waals surface area contributed by atoms with E-state index in [0.717, 1.165) is 0 Å². The van der Waals surface area contributed by atoms with E-state index in [9.17, 15) is 9.59 Å². The molecule has 0 aromatic carbocycles. The summed E-state index contributed by atoms with van der Waals surface area (Å²) in [6.07, 6.45) is 1.68. The third-order valence-corrected chi connectivity index (χ3v) is 1.93. The topological polar surface area (TPSA) is 73.9 Å². The molecule has 6 heteroatoms. The van der Waals surface area contributed by atoms with Gasteiger partial charge in [-0.3, -0.25) is 0 Å². The maximum absolute atomic E-state index is 11.6. The number of rotatable bonds is 7. The van der Waals surface area contributed by atoms with E-state index in [0.29, 0.717) is 13.0 Å². The average molecular weight is 273 g/mol. The van der Waals surface area contributed by atoms with Gasteiger partial charge in [-0.15, -0.1) is 6.58 Å². The molecule has 1 amide bonds. The molecule has 0 aliphatic heterocycles. The zero-order chi connectivity index (χ0) is 14.9. The number of methoxy groups -OCH3 is 1. The maximum atomic E-state index is 11.6. The predicted molar refractivity (Wildman–Crippen MR) is 70.8 cm³/mol. The summed E-state index contributed by atoms with van der Waals surface area (Å²) in [4.78, 5) is 23.0. The standard InChI is InChI=1S/C13H23NO5/c1-6-7-8-18-9-10(11(15)17-5)14-12(16)19-13(2,3)4/h6,10H,1,7-9H2,2-5H3,(H,14,16)/t10-/m1/s1. The predicted octanol–water partition coefficient (Wildman–Crippen LogP) is 1.65. The van der Waals surface area contributed by atoms with E-state index in [2.05, 4.69) is 16.6 Å². The first-order valence-corrected chi connectivity index (χ1v) is 6.06. The summed E-state index contributed by atoms with van der Waals surface area (Å²) in [5.74, 6) is -0.579. The van der Waals surface area contributed by atoms with Crippen molar-refractivity contribution in [1.29, 1.82) is 0 Å². The van der Waals surface area contributed by atoms with E-state index in [-0.39, 0.29) is 6.61 Å². The van der Waals surface area contributed by atoms with Crippen molar-refractivity contribution in [3.05, 3.63) is 12.7 Å². The van der Waals surface area contributed by atoms with Crippen LogP contribution in [-0.4, -0.2) is 44.0 Å². The van der Waals surface area contributed by atoms with Gasteiger partial charge in [0.05, 0.1) is 20.3 Å². The molecule has 0 bridgehead atoms. The van der Waals surface area contributed by atoms with E-state index in [1.807, 2.05) is 0 Å². The van der Waals surface area contributed by atoms with Crippen LogP contribution in [0.1, 0.15) is 27.2 Å². The zero-order valence-electron chi connectivity index (χ0n) is 12.0. The summed E-state index contributed by atoms with van der Waals surface area (Å²) in [5, 5.41) is 2.41. The Morgan fingerprint density at radius 2 is 2.00 bits per heavy atom. The molecule has 0 aliphatic rings. The number of hydrogen-bond acceptors (Lipinski definition) is 5. The number of hydrogen-bond donors (Lipinski definition) is 1. The lowest BCUT2D eigenvalue weighted by atomic mass is 10.2. The van der Waals surface area contributed by atoms with E-state index >= 15 is 0 Å². The van der Waals surface area contributed by atoms with Gasteiger partial charge < -0.3 is 19.5 Å². The molecule has 1 atom stereocenters. The summed E-state index contributed by atoms with van der Waals surface area (Å²) < 4.78 is 14.9. The highest BCUT2D eigenvalue weighted by molar-refractivity contribution is 5.81. The number of alkyl carbamates (subject to hydrolysis) is 1. The van der Waals surface area contributed by atoms with Crippen LogP contribution in [0.5, 0.6) is 0 Å². The highest BCUT2D eigenvalue weighted by Crippen LogP contribution is 2.07. The van der Waals surface area contributed by atoms with Gasteiger partial charge in [0.15, 0.2) is 6.04 Å². The Balaban J connectivity index is 4.30. The highest BCUT2D eigenvalue weighted by atomic mass is 16.6. The van der Waals surface area contributed by atoms with Gasteiger partial charge in [-0.05, 0) is 27.2 Å². The molecule has 0 aromatic rings. The lowest BCUT2D eigenvalue weighted by Gasteiger charge is -2.22. The van der Waals surface area contributed by atoms with Gasteiger partial charge >= 0.3 is 12.1 Å². The Labute approximate surface area is 114 Å². The number of carbonyl (C=O) groups excluding carboxylic acids is 2. The molecule has 0 spiro atoms. The quantitative estimate of drug-likeness (QED) is 0.433. The van der Waals surface area contributed by atoms with Crippen LogP contribution >= 0.6 is 0 Å². The number of amides is 1. The molecule has 0 unspecified atom stereocenters. The average Bonchev–Trinajstić information content (AvgIpc) is 2.29. The minimum absolute atomic E-state index is 0.0275. The highest BCUT2D eigenvalue weighted by Gasteiger charge is 2.25. The minimum atomic E-state index is -0.885. The molecule has 1 N–H and O–H groups in total. The summed E-state index contributed by atoms with van der Waals surface area (Å²) in [6.45, 7) is 9.22. The molecule has 0 heterocycles. The van der Waals surface area contributed by atoms with E-state index in [1.54, 1.807) is 26.8 Å². The Hall–Kier alpha value is -1.56. The maximum Gasteiger partial charge on any atom is 0.408 e. The number of carbonyl (C=O) groups is 2. The molecule has 0 radical (unpaired) electrons. The first kappa shape index (κ1) is 17.4. The fourth-order valence-corrected chi connectivity index (χ4v) is 1.13. The van der Waals surface area contributed by atoms with E-state index in [1.165, 1.54) is 7.11 Å². The molecule has 0 saturated carbocycles. The molecular formula is C13H23NO5. The second kappa shape index (κ2) is 8.53. The van der Waals surface area contributed by atoms with Crippen LogP contribution in [-0.2, 0) is 19.0 Å². The molecule has 0 fully saturated rings. The number of ether oxygens (including phenoxy) is 3. The monoisotopic (exact) mass is 273 g/mol. The lowest BCUT2D eigenvalue weighted by molar-refractivity contribution is -0.144. The summed E-state index contributed by atoms with van der Waals surface area (Å²) in [7, 11) is 1.25. The minimum Gasteiger partial charge on any atom is -0.467 e. The Kier molecular flexibility index (Phi) is 7.83. The van der Waals surface area contributed by atoms with Crippen molar-refractivity contribution in [2.75, 3.05) is 20.3 Å². The number of nitrogens with one attached hydrogen (secondary N) is 1. The Bertz CT molecular complexity index is 309. The van der Waals surface area contributed by atoms with Crippen molar-refractivity contribution in [3.63, 3.8) is 0 Å². The van der Waals surface area contributed by atoms with Crippen molar-refractivity contribution in [1.82, 2.24) is 5.32 Å². The van der Waals surface area contributed by atoms with Gasteiger partial charge in [-0.1, -0.05) is 6.08 Å². The van der Waals surface area contributed by atoms with Gasteiger partial charge in [0, 0.05) is 0 Å². The third kappa shape index (κ3) is 9.07. The third-order valence-electron chi connectivity index (χ3n) is 1.93. The summed E-state index contributed by atoms with van der Waals surface area (Å²) >= 11 is 0. The van der Waals surface area contributed by atoms with Crippen molar-refractivity contribution in [3.8, 4) is 0 Å². The second-order valence-electron chi connectivity index (χ2n) is 4.87. The fourth-order valence-electron chi connectivity index (χ4n) is 1.13. The zero-order valence-corrected chi connectivity index (χ0v) is 12.0. The fraction of sp³-hybridized carbons (Fsp3) is 0.692. The number of esters is 1. The molecule has 0 aliphatic carbocycles. The molecule has 6 nitrogen and oxygen atoms in total. The molecule has 0 aromatic heterocycles. The van der Waals surface area contributed by atoms with Crippen LogP contribution in [0.3, 0.4) is 0 Å². The normalized spacial score (nSPS) is 12.4. The van der Waals surface area contributed by atoms with Gasteiger partial charge in [-0.25, -0.2) is 9.59 Å². The smallest absolute Gasteiger partial charge is 0.408 e. The molecule has 110 valence electrons. The Morgan fingerprint density at radius 1 is 1.37 bits per heavy atom. The van der Waals surface area contributed by atoms with Gasteiger partial charge in [0.25, 0.3) is 0 Å². The molecule has 19 heavy (non-hydrogen) atoms. The van der Waals surface area contributed by atoms with Crippen molar-refractivity contribution in [2.45, 2.75) is 38.8 Å². The Morgan fingerprint density at radius 3 is 2.47 bits per heavy atom. The van der Waals surface area contributed by atoms with Crippen molar-refractivity contribution >= 4 is 12.1 Å². The van der Waals surface area contributed by atoms with Crippen LogP contribution in [0, 0.1) is 0 Å². The second-order valence-corrected chi connectivity index (χ2v) is 4.87. The van der Waals surface area contributed by atoms with Gasteiger partial charge in [0.1, 0.15) is 5.60 Å². The van der Waals surface area contributed by atoms with Crippen molar-refractivity contribution < 1.29 is 23.8 Å². The van der Waals surface area contributed by atoms with Gasteiger partial charge in [-0.2, -0.15) is 0 Å². The summed E-state index contributed by atoms with van der Waals surface area (Å²) in [5.41, 5.74) is -0.631.